The van der Waals surface area contributed by atoms with Crippen molar-refractivity contribution in [2.24, 2.45) is 11.7 Å². The van der Waals surface area contributed by atoms with E-state index in [1.165, 1.54) is 12.8 Å². The van der Waals surface area contributed by atoms with Crippen LogP contribution in [0.5, 0.6) is 0 Å². The summed E-state index contributed by atoms with van der Waals surface area (Å²) >= 11 is 0. The molecule has 2 nitrogen and oxygen atoms in total. The van der Waals surface area contributed by atoms with Gasteiger partial charge in [0, 0.05) is 12.6 Å². The molecule has 0 aromatic heterocycles. The first-order valence-corrected chi connectivity index (χ1v) is 4.41. The molecule has 0 radical (unpaired) electrons. The number of hydrogen-bond acceptors (Lipinski definition) is 2. The van der Waals surface area contributed by atoms with Gasteiger partial charge in [0.05, 0.1) is 0 Å². The molecule has 2 heteroatoms. The average Bonchev–Trinajstić information content (AvgIpc) is 2.52. The van der Waals surface area contributed by atoms with Crippen LogP contribution in [-0.2, 0) is 0 Å². The first kappa shape index (κ1) is 8.75. The molecule has 0 bridgehead atoms. The molecule has 0 saturated carbocycles. The van der Waals surface area contributed by atoms with Crippen molar-refractivity contribution in [3.05, 3.63) is 12.2 Å². The van der Waals surface area contributed by atoms with Crippen LogP contribution in [0.4, 0.5) is 0 Å². The van der Waals surface area contributed by atoms with E-state index in [9.17, 15) is 0 Å². The summed E-state index contributed by atoms with van der Waals surface area (Å²) < 4.78 is 0. The molecule has 0 amide bonds. The van der Waals surface area contributed by atoms with E-state index >= 15 is 0 Å². The van der Waals surface area contributed by atoms with Crippen LogP contribution >= 0.6 is 0 Å². The van der Waals surface area contributed by atoms with E-state index in [0.29, 0.717) is 6.04 Å². The second-order valence-electron chi connectivity index (χ2n) is 3.35. The molecule has 1 aliphatic rings. The Morgan fingerprint density at radius 1 is 1.55 bits per heavy atom. The predicted octanol–water partition coefficient (Wildman–Crippen LogP) is 0.889. The monoisotopic (exact) mass is 154 g/mol. The molecule has 1 aliphatic carbocycles. The van der Waals surface area contributed by atoms with Gasteiger partial charge in [0.2, 0.25) is 0 Å². The molecule has 0 heterocycles. The van der Waals surface area contributed by atoms with Gasteiger partial charge in [0.15, 0.2) is 0 Å². The minimum atomic E-state index is 0.468. The molecular weight excluding hydrogens is 136 g/mol. The topological polar surface area (TPSA) is 38.0 Å². The second-order valence-corrected chi connectivity index (χ2v) is 3.35. The maximum absolute atomic E-state index is 5.48. The molecule has 0 fully saturated rings. The third kappa shape index (κ3) is 3.04. The Morgan fingerprint density at radius 3 is 2.73 bits per heavy atom. The standard InChI is InChI=1S/C9H18N2/c1-8(6-10)11-7-9-4-2-3-5-9/h2-3,8-9,11H,4-7,10H2,1H3. The van der Waals surface area contributed by atoms with Gasteiger partial charge in [-0.1, -0.05) is 12.2 Å². The minimum absolute atomic E-state index is 0.468. The maximum Gasteiger partial charge on any atom is 0.0162 e. The van der Waals surface area contributed by atoms with Crippen LogP contribution in [0.25, 0.3) is 0 Å². The van der Waals surface area contributed by atoms with Crippen molar-refractivity contribution < 1.29 is 0 Å². The summed E-state index contributed by atoms with van der Waals surface area (Å²) in [5.41, 5.74) is 5.48. The fraction of sp³-hybridized carbons (Fsp3) is 0.778. The van der Waals surface area contributed by atoms with Crippen molar-refractivity contribution >= 4 is 0 Å². The molecule has 1 rings (SSSR count). The number of nitrogens with two attached hydrogens (primary N) is 1. The van der Waals surface area contributed by atoms with E-state index < -0.39 is 0 Å². The summed E-state index contributed by atoms with van der Waals surface area (Å²) in [7, 11) is 0. The highest BCUT2D eigenvalue weighted by molar-refractivity contribution is 4.94. The first-order chi connectivity index (χ1) is 5.33. The Bertz CT molecular complexity index is 124. The molecule has 0 aliphatic heterocycles. The molecule has 0 saturated heterocycles. The van der Waals surface area contributed by atoms with Gasteiger partial charge in [0.25, 0.3) is 0 Å². The Labute approximate surface area is 68.9 Å². The van der Waals surface area contributed by atoms with Crippen LogP contribution in [0.3, 0.4) is 0 Å². The van der Waals surface area contributed by atoms with E-state index in [2.05, 4.69) is 24.4 Å². The second kappa shape index (κ2) is 4.52. The summed E-state index contributed by atoms with van der Waals surface area (Å²) in [5, 5.41) is 3.41. The molecular formula is C9H18N2. The summed E-state index contributed by atoms with van der Waals surface area (Å²) in [6.07, 6.45) is 7.01. The smallest absolute Gasteiger partial charge is 0.0162 e. The van der Waals surface area contributed by atoms with Crippen molar-refractivity contribution in [3.63, 3.8) is 0 Å². The molecule has 1 unspecified atom stereocenters. The van der Waals surface area contributed by atoms with Crippen molar-refractivity contribution in [1.82, 2.24) is 5.32 Å². The van der Waals surface area contributed by atoms with Crippen LogP contribution in [0.2, 0.25) is 0 Å². The molecule has 0 aromatic rings. The number of hydrogen-bond donors (Lipinski definition) is 2. The van der Waals surface area contributed by atoms with Crippen LogP contribution in [0.1, 0.15) is 19.8 Å². The zero-order valence-electron chi connectivity index (χ0n) is 7.22. The Hall–Kier alpha value is -0.340. The minimum Gasteiger partial charge on any atom is -0.329 e. The van der Waals surface area contributed by atoms with Gasteiger partial charge in [-0.15, -0.1) is 0 Å². The molecule has 1 atom stereocenters. The first-order valence-electron chi connectivity index (χ1n) is 4.41. The Morgan fingerprint density at radius 2 is 2.18 bits per heavy atom. The predicted molar refractivity (Wildman–Crippen MR) is 48.4 cm³/mol. The number of rotatable bonds is 4. The lowest BCUT2D eigenvalue weighted by Gasteiger charge is -2.14. The van der Waals surface area contributed by atoms with E-state index in [1.807, 2.05) is 0 Å². The van der Waals surface area contributed by atoms with Crippen LogP contribution in [0.15, 0.2) is 12.2 Å². The fourth-order valence-electron chi connectivity index (χ4n) is 1.29. The molecule has 0 aromatic carbocycles. The third-order valence-electron chi connectivity index (χ3n) is 2.21. The average molecular weight is 154 g/mol. The molecule has 64 valence electrons. The van der Waals surface area contributed by atoms with Gasteiger partial charge in [-0.05, 0) is 32.2 Å². The van der Waals surface area contributed by atoms with Crippen LogP contribution in [-0.4, -0.2) is 19.1 Å². The Balaban J connectivity index is 2.03. The van der Waals surface area contributed by atoms with E-state index in [1.54, 1.807) is 0 Å². The largest absolute Gasteiger partial charge is 0.329 e. The summed E-state index contributed by atoms with van der Waals surface area (Å²) in [6.45, 7) is 3.98. The van der Waals surface area contributed by atoms with E-state index in [-0.39, 0.29) is 0 Å². The number of nitrogens with one attached hydrogen (secondary N) is 1. The van der Waals surface area contributed by atoms with Gasteiger partial charge >= 0.3 is 0 Å². The lowest BCUT2D eigenvalue weighted by Crippen LogP contribution is -2.36. The normalized spacial score (nSPS) is 20.9. The van der Waals surface area contributed by atoms with Crippen molar-refractivity contribution in [2.45, 2.75) is 25.8 Å². The Kier molecular flexibility index (Phi) is 3.60. The number of allylic oxidation sites excluding steroid dienone is 2. The van der Waals surface area contributed by atoms with Crippen molar-refractivity contribution in [2.75, 3.05) is 13.1 Å². The zero-order valence-corrected chi connectivity index (χ0v) is 7.22. The zero-order chi connectivity index (χ0) is 8.10. The highest BCUT2D eigenvalue weighted by Gasteiger charge is 2.10. The van der Waals surface area contributed by atoms with Crippen molar-refractivity contribution in [1.29, 1.82) is 0 Å². The van der Waals surface area contributed by atoms with Crippen LogP contribution in [0, 0.1) is 5.92 Å². The molecule has 11 heavy (non-hydrogen) atoms. The van der Waals surface area contributed by atoms with Crippen LogP contribution < -0.4 is 11.1 Å². The molecule has 3 N–H and O–H groups in total. The van der Waals surface area contributed by atoms with Gasteiger partial charge < -0.3 is 11.1 Å². The lowest BCUT2D eigenvalue weighted by molar-refractivity contribution is 0.458. The van der Waals surface area contributed by atoms with Gasteiger partial charge in [-0.2, -0.15) is 0 Å². The van der Waals surface area contributed by atoms with Gasteiger partial charge in [-0.3, -0.25) is 0 Å². The fourth-order valence-corrected chi connectivity index (χ4v) is 1.29. The quantitative estimate of drug-likeness (QED) is 0.590. The summed E-state index contributed by atoms with van der Waals surface area (Å²) in [5.74, 6) is 0.823. The summed E-state index contributed by atoms with van der Waals surface area (Å²) in [6, 6.07) is 0.468. The SMILES string of the molecule is CC(CN)NCC1CC=CC1. The highest BCUT2D eigenvalue weighted by atomic mass is 14.9. The van der Waals surface area contributed by atoms with Gasteiger partial charge in [-0.25, -0.2) is 0 Å². The highest BCUT2D eigenvalue weighted by Crippen LogP contribution is 2.16. The molecule has 0 spiro atoms. The summed E-state index contributed by atoms with van der Waals surface area (Å²) in [4.78, 5) is 0. The van der Waals surface area contributed by atoms with Gasteiger partial charge in [0.1, 0.15) is 0 Å². The third-order valence-corrected chi connectivity index (χ3v) is 2.21. The van der Waals surface area contributed by atoms with E-state index in [4.69, 9.17) is 5.73 Å². The van der Waals surface area contributed by atoms with E-state index in [0.717, 1.165) is 19.0 Å². The lowest BCUT2D eigenvalue weighted by atomic mass is 10.1. The maximum atomic E-state index is 5.48. The van der Waals surface area contributed by atoms with Crippen molar-refractivity contribution in [3.8, 4) is 0 Å².